The van der Waals surface area contributed by atoms with Gasteiger partial charge in [-0.2, -0.15) is 0 Å². The zero-order valence-electron chi connectivity index (χ0n) is 11.8. The molecule has 0 unspecified atom stereocenters. The molecule has 0 spiro atoms. The topological polar surface area (TPSA) is 66.8 Å². The Hall–Kier alpha value is -1.40. The number of halogens is 1. The maximum Gasteiger partial charge on any atom is 0.334 e. The van der Waals surface area contributed by atoms with Crippen LogP contribution in [0.15, 0.2) is 22.7 Å². The molecule has 1 aromatic rings. The molecule has 5 nitrogen and oxygen atoms in total. The van der Waals surface area contributed by atoms with E-state index in [1.807, 2.05) is 19.1 Å². The van der Waals surface area contributed by atoms with Crippen LogP contribution in [0.5, 0.6) is 0 Å². The summed E-state index contributed by atoms with van der Waals surface area (Å²) in [5.74, 6) is -1.04. The molecule has 0 aliphatic carbocycles. The number of hydrogen-bond acceptors (Lipinski definition) is 3. The van der Waals surface area contributed by atoms with E-state index < -0.39 is 12.1 Å². The minimum absolute atomic E-state index is 0.0230. The third kappa shape index (κ3) is 4.28. The third-order valence-corrected chi connectivity index (χ3v) is 4.43. The van der Waals surface area contributed by atoms with E-state index in [0.717, 1.165) is 15.6 Å². The first-order chi connectivity index (χ1) is 9.97. The Labute approximate surface area is 132 Å². The average molecular weight is 356 g/mol. The van der Waals surface area contributed by atoms with Crippen LogP contribution in [0.4, 0.5) is 0 Å². The second kappa shape index (κ2) is 7.04. The zero-order valence-corrected chi connectivity index (χ0v) is 13.4. The molecule has 1 amide bonds. The minimum Gasteiger partial charge on any atom is -0.479 e. The van der Waals surface area contributed by atoms with Gasteiger partial charge in [-0.25, -0.2) is 4.79 Å². The number of aliphatic carboxylic acids is 1. The van der Waals surface area contributed by atoms with E-state index in [4.69, 9.17) is 9.84 Å². The fraction of sp³-hybridized carbons (Fsp3) is 0.467. The van der Waals surface area contributed by atoms with Crippen LogP contribution >= 0.6 is 15.9 Å². The van der Waals surface area contributed by atoms with E-state index in [0.29, 0.717) is 19.4 Å². The summed E-state index contributed by atoms with van der Waals surface area (Å²) in [5, 5.41) is 8.93. The van der Waals surface area contributed by atoms with Gasteiger partial charge in [0.05, 0.1) is 13.2 Å². The maximum atomic E-state index is 12.2. The van der Waals surface area contributed by atoms with E-state index in [9.17, 15) is 9.59 Å². The number of aryl methyl sites for hydroxylation is 2. The summed E-state index contributed by atoms with van der Waals surface area (Å²) in [4.78, 5) is 24.6. The molecule has 0 bridgehead atoms. The lowest BCUT2D eigenvalue weighted by Gasteiger charge is -2.31. The number of carbonyl (C=O) groups excluding carboxylic acids is 1. The summed E-state index contributed by atoms with van der Waals surface area (Å²) in [7, 11) is 0. The summed E-state index contributed by atoms with van der Waals surface area (Å²) in [6.45, 7) is 2.88. The Morgan fingerprint density at radius 3 is 2.90 bits per heavy atom. The normalized spacial score (nSPS) is 18.6. The van der Waals surface area contributed by atoms with E-state index in [1.165, 1.54) is 0 Å². The SMILES string of the molecule is Cc1cc(CCC(=O)N2CCO[C@@H](C(=O)O)C2)ccc1Br. The first-order valence-electron chi connectivity index (χ1n) is 6.84. The van der Waals surface area contributed by atoms with Crippen molar-refractivity contribution in [2.24, 2.45) is 0 Å². The van der Waals surface area contributed by atoms with Gasteiger partial charge in [0.2, 0.25) is 5.91 Å². The lowest BCUT2D eigenvalue weighted by molar-refractivity contribution is -0.159. The number of benzene rings is 1. The second-order valence-electron chi connectivity index (χ2n) is 5.12. The van der Waals surface area contributed by atoms with Gasteiger partial charge in [-0.15, -0.1) is 0 Å². The molecule has 0 saturated carbocycles. The first kappa shape index (κ1) is 16.0. The second-order valence-corrected chi connectivity index (χ2v) is 5.98. The molecule has 21 heavy (non-hydrogen) atoms. The number of nitrogens with zero attached hydrogens (tertiary/aromatic N) is 1. The summed E-state index contributed by atoms with van der Waals surface area (Å²) >= 11 is 3.45. The molecule has 1 atom stereocenters. The van der Waals surface area contributed by atoms with Gasteiger partial charge in [0, 0.05) is 17.4 Å². The number of carboxylic acids is 1. The zero-order chi connectivity index (χ0) is 15.4. The number of rotatable bonds is 4. The Bertz CT molecular complexity index is 546. The van der Waals surface area contributed by atoms with Crippen LogP contribution in [0.2, 0.25) is 0 Å². The molecular weight excluding hydrogens is 338 g/mol. The Morgan fingerprint density at radius 1 is 1.48 bits per heavy atom. The summed E-state index contributed by atoms with van der Waals surface area (Å²) in [5.41, 5.74) is 2.24. The number of ether oxygens (including phenoxy) is 1. The molecule has 1 N–H and O–H groups in total. The summed E-state index contributed by atoms with van der Waals surface area (Å²) in [6, 6.07) is 6.02. The van der Waals surface area contributed by atoms with Gasteiger partial charge in [-0.3, -0.25) is 4.79 Å². The van der Waals surface area contributed by atoms with Crippen molar-refractivity contribution < 1.29 is 19.4 Å². The Kier molecular flexibility index (Phi) is 5.36. The number of morpholine rings is 1. The predicted molar refractivity (Wildman–Crippen MR) is 81.2 cm³/mol. The number of carboxylic acid groups (broad SMARTS) is 1. The number of amides is 1. The molecule has 1 aromatic carbocycles. The van der Waals surface area contributed by atoms with Crippen molar-refractivity contribution >= 4 is 27.8 Å². The van der Waals surface area contributed by atoms with Crippen LogP contribution in [0.3, 0.4) is 0 Å². The molecule has 1 aliphatic rings. The summed E-state index contributed by atoms with van der Waals surface area (Å²) in [6.07, 6.45) is 0.132. The van der Waals surface area contributed by atoms with Gasteiger partial charge in [-0.1, -0.05) is 28.1 Å². The average Bonchev–Trinajstić information content (AvgIpc) is 2.48. The monoisotopic (exact) mass is 355 g/mol. The predicted octanol–water partition coefficient (Wildman–Crippen LogP) is 2.00. The quantitative estimate of drug-likeness (QED) is 0.896. The Morgan fingerprint density at radius 2 is 2.24 bits per heavy atom. The molecule has 0 aromatic heterocycles. The van der Waals surface area contributed by atoms with Crippen molar-refractivity contribution in [3.63, 3.8) is 0 Å². The minimum atomic E-state index is -1.02. The number of carbonyl (C=O) groups is 2. The van der Waals surface area contributed by atoms with Gasteiger partial charge < -0.3 is 14.7 Å². The van der Waals surface area contributed by atoms with Gasteiger partial charge in [-0.05, 0) is 30.5 Å². The van der Waals surface area contributed by atoms with E-state index >= 15 is 0 Å². The van der Waals surface area contributed by atoms with E-state index in [1.54, 1.807) is 4.90 Å². The van der Waals surface area contributed by atoms with E-state index in [2.05, 4.69) is 22.0 Å². The lowest BCUT2D eigenvalue weighted by Crippen LogP contribution is -2.48. The Balaban J connectivity index is 1.89. The van der Waals surface area contributed by atoms with Gasteiger partial charge in [0.25, 0.3) is 0 Å². The van der Waals surface area contributed by atoms with Gasteiger partial charge >= 0.3 is 5.97 Å². The highest BCUT2D eigenvalue weighted by Gasteiger charge is 2.28. The first-order valence-corrected chi connectivity index (χ1v) is 7.64. The highest BCUT2D eigenvalue weighted by molar-refractivity contribution is 9.10. The molecule has 2 rings (SSSR count). The van der Waals surface area contributed by atoms with Crippen LogP contribution in [0.1, 0.15) is 17.5 Å². The molecule has 1 saturated heterocycles. The molecule has 6 heteroatoms. The molecule has 114 valence electrons. The molecule has 1 fully saturated rings. The van der Waals surface area contributed by atoms with Crippen molar-refractivity contribution in [2.75, 3.05) is 19.7 Å². The van der Waals surface area contributed by atoms with Gasteiger partial charge in [0.15, 0.2) is 6.10 Å². The van der Waals surface area contributed by atoms with Crippen LogP contribution < -0.4 is 0 Å². The highest BCUT2D eigenvalue weighted by atomic mass is 79.9. The molecule has 1 heterocycles. The molecule has 0 radical (unpaired) electrons. The smallest absolute Gasteiger partial charge is 0.334 e. The molecular formula is C15H18BrNO4. The highest BCUT2D eigenvalue weighted by Crippen LogP contribution is 2.18. The standard InChI is InChI=1S/C15H18BrNO4/c1-10-8-11(2-4-12(10)16)3-5-14(18)17-6-7-21-13(9-17)15(19)20/h2,4,8,13H,3,5-7,9H2,1H3,(H,19,20)/t13-/m1/s1. The lowest BCUT2D eigenvalue weighted by atomic mass is 10.1. The fourth-order valence-electron chi connectivity index (χ4n) is 2.30. The van der Waals surface area contributed by atoms with Crippen LogP contribution in [-0.2, 0) is 20.7 Å². The van der Waals surface area contributed by atoms with Crippen LogP contribution in [0, 0.1) is 6.92 Å². The number of hydrogen-bond donors (Lipinski definition) is 1. The van der Waals surface area contributed by atoms with Crippen LogP contribution in [-0.4, -0.2) is 47.7 Å². The molecule has 1 aliphatic heterocycles. The van der Waals surface area contributed by atoms with Crippen molar-refractivity contribution in [3.8, 4) is 0 Å². The summed E-state index contributed by atoms with van der Waals surface area (Å²) < 4.78 is 6.16. The van der Waals surface area contributed by atoms with Crippen LogP contribution in [0.25, 0.3) is 0 Å². The van der Waals surface area contributed by atoms with Crippen molar-refractivity contribution in [1.29, 1.82) is 0 Å². The van der Waals surface area contributed by atoms with Crippen molar-refractivity contribution in [2.45, 2.75) is 25.9 Å². The van der Waals surface area contributed by atoms with Gasteiger partial charge in [0.1, 0.15) is 0 Å². The van der Waals surface area contributed by atoms with Crippen molar-refractivity contribution in [1.82, 2.24) is 4.90 Å². The van der Waals surface area contributed by atoms with E-state index in [-0.39, 0.29) is 19.1 Å². The third-order valence-electron chi connectivity index (χ3n) is 3.54. The maximum absolute atomic E-state index is 12.2. The fourth-order valence-corrected chi connectivity index (χ4v) is 2.54. The van der Waals surface area contributed by atoms with Crippen molar-refractivity contribution in [3.05, 3.63) is 33.8 Å². The largest absolute Gasteiger partial charge is 0.479 e.